The van der Waals surface area contributed by atoms with Gasteiger partial charge in [-0.1, -0.05) is 13.3 Å². The van der Waals surface area contributed by atoms with Gasteiger partial charge >= 0.3 is 5.63 Å². The number of ether oxygens (including phenoxy) is 2. The van der Waals surface area contributed by atoms with Crippen LogP contribution in [-0.2, 0) is 0 Å². The standard InChI is InChI=1S/C18H18O4/c1-3-4-9-21-13-6-8-15-14-7-5-12(20-2)10-16(14)18(19)22-17(15)11-13/h5-8,10-11H,3-4,9H2,1-2H3. The second kappa shape index (κ2) is 6.10. The molecule has 0 saturated heterocycles. The van der Waals surface area contributed by atoms with E-state index < -0.39 is 0 Å². The lowest BCUT2D eigenvalue weighted by Crippen LogP contribution is -2.01. The van der Waals surface area contributed by atoms with Gasteiger partial charge in [0.25, 0.3) is 0 Å². The van der Waals surface area contributed by atoms with Gasteiger partial charge in [0.15, 0.2) is 0 Å². The first-order valence-electron chi connectivity index (χ1n) is 7.40. The minimum atomic E-state index is -0.368. The maximum Gasteiger partial charge on any atom is 0.344 e. The Morgan fingerprint density at radius 1 is 1.00 bits per heavy atom. The third kappa shape index (κ3) is 2.64. The summed E-state index contributed by atoms with van der Waals surface area (Å²) in [5.41, 5.74) is 0.170. The predicted molar refractivity (Wildman–Crippen MR) is 86.9 cm³/mol. The van der Waals surface area contributed by atoms with E-state index in [2.05, 4.69) is 6.92 Å². The van der Waals surface area contributed by atoms with Crippen molar-refractivity contribution in [3.05, 3.63) is 46.8 Å². The average Bonchev–Trinajstić information content (AvgIpc) is 2.54. The molecule has 3 aromatic rings. The Morgan fingerprint density at radius 2 is 1.77 bits per heavy atom. The van der Waals surface area contributed by atoms with E-state index in [0.29, 0.717) is 23.3 Å². The molecule has 0 radical (unpaired) electrons. The molecule has 0 aliphatic heterocycles. The first-order valence-corrected chi connectivity index (χ1v) is 7.40. The van der Waals surface area contributed by atoms with Gasteiger partial charge in [0, 0.05) is 16.8 Å². The highest BCUT2D eigenvalue weighted by molar-refractivity contribution is 6.04. The van der Waals surface area contributed by atoms with Gasteiger partial charge in [-0.25, -0.2) is 4.79 Å². The molecule has 4 nitrogen and oxygen atoms in total. The van der Waals surface area contributed by atoms with Gasteiger partial charge in [-0.3, -0.25) is 0 Å². The number of methoxy groups -OCH3 is 1. The van der Waals surface area contributed by atoms with E-state index in [1.165, 1.54) is 0 Å². The van der Waals surface area contributed by atoms with Gasteiger partial charge in [-0.15, -0.1) is 0 Å². The lowest BCUT2D eigenvalue weighted by molar-refractivity contribution is 0.309. The molecule has 0 aliphatic rings. The van der Waals surface area contributed by atoms with Crippen LogP contribution in [0.25, 0.3) is 21.7 Å². The average molecular weight is 298 g/mol. The zero-order valence-corrected chi connectivity index (χ0v) is 12.7. The molecule has 1 aromatic heterocycles. The van der Waals surface area contributed by atoms with Crippen molar-refractivity contribution < 1.29 is 13.9 Å². The third-order valence-corrected chi connectivity index (χ3v) is 3.66. The Balaban J connectivity index is 2.11. The molecule has 0 spiro atoms. The maximum absolute atomic E-state index is 12.2. The second-order valence-corrected chi connectivity index (χ2v) is 5.16. The topological polar surface area (TPSA) is 48.7 Å². The Kier molecular flexibility index (Phi) is 4.00. The molecular formula is C18H18O4. The van der Waals surface area contributed by atoms with Gasteiger partial charge < -0.3 is 13.9 Å². The summed E-state index contributed by atoms with van der Waals surface area (Å²) >= 11 is 0. The number of rotatable bonds is 5. The van der Waals surface area contributed by atoms with Gasteiger partial charge in [0.2, 0.25) is 0 Å². The molecule has 2 aromatic carbocycles. The van der Waals surface area contributed by atoms with Crippen LogP contribution in [-0.4, -0.2) is 13.7 Å². The van der Waals surface area contributed by atoms with E-state index in [1.807, 2.05) is 24.3 Å². The van der Waals surface area contributed by atoms with E-state index in [-0.39, 0.29) is 5.63 Å². The number of hydrogen-bond donors (Lipinski definition) is 0. The first-order chi connectivity index (χ1) is 10.7. The molecule has 22 heavy (non-hydrogen) atoms. The lowest BCUT2D eigenvalue weighted by atomic mass is 10.1. The summed E-state index contributed by atoms with van der Waals surface area (Å²) in [4.78, 5) is 12.2. The molecule has 0 bridgehead atoms. The van der Waals surface area contributed by atoms with Crippen LogP contribution in [0.1, 0.15) is 19.8 Å². The molecule has 0 fully saturated rings. The third-order valence-electron chi connectivity index (χ3n) is 3.66. The summed E-state index contributed by atoms with van der Waals surface area (Å²) in [5, 5.41) is 2.26. The highest BCUT2D eigenvalue weighted by Crippen LogP contribution is 2.28. The Bertz CT molecular complexity index is 864. The fraction of sp³-hybridized carbons (Fsp3) is 0.278. The van der Waals surface area contributed by atoms with Gasteiger partial charge in [0.05, 0.1) is 19.1 Å². The van der Waals surface area contributed by atoms with E-state index >= 15 is 0 Å². The quantitative estimate of drug-likeness (QED) is 0.403. The van der Waals surface area contributed by atoms with E-state index in [4.69, 9.17) is 13.9 Å². The first kappa shape index (κ1) is 14.4. The van der Waals surface area contributed by atoms with Crippen LogP contribution in [0.4, 0.5) is 0 Å². The summed E-state index contributed by atoms with van der Waals surface area (Å²) in [6, 6.07) is 11.0. The van der Waals surface area contributed by atoms with Crippen LogP contribution in [0.3, 0.4) is 0 Å². The van der Waals surface area contributed by atoms with Crippen LogP contribution >= 0.6 is 0 Å². The van der Waals surface area contributed by atoms with E-state index in [0.717, 1.165) is 29.4 Å². The van der Waals surface area contributed by atoms with Gasteiger partial charge in [0.1, 0.15) is 17.1 Å². The van der Waals surface area contributed by atoms with Crippen molar-refractivity contribution >= 4 is 21.7 Å². The molecular weight excluding hydrogens is 280 g/mol. The molecule has 0 amide bonds. The zero-order valence-electron chi connectivity index (χ0n) is 12.7. The van der Waals surface area contributed by atoms with E-state index in [1.54, 1.807) is 19.2 Å². The Morgan fingerprint density at radius 3 is 2.55 bits per heavy atom. The molecule has 0 N–H and O–H groups in total. The highest BCUT2D eigenvalue weighted by Gasteiger charge is 2.09. The molecule has 0 aliphatic carbocycles. The van der Waals surface area contributed by atoms with Crippen molar-refractivity contribution in [2.75, 3.05) is 13.7 Å². The van der Waals surface area contributed by atoms with Crippen LogP contribution in [0.5, 0.6) is 11.5 Å². The lowest BCUT2D eigenvalue weighted by Gasteiger charge is -2.08. The molecule has 114 valence electrons. The van der Waals surface area contributed by atoms with E-state index in [9.17, 15) is 4.79 Å². The predicted octanol–water partition coefficient (Wildman–Crippen LogP) is 4.13. The van der Waals surface area contributed by atoms with Crippen LogP contribution in [0.2, 0.25) is 0 Å². The van der Waals surface area contributed by atoms with Crippen molar-refractivity contribution in [1.29, 1.82) is 0 Å². The SMILES string of the molecule is CCCCOc1ccc2c(c1)oc(=O)c1cc(OC)ccc12. The Labute approximate surface area is 128 Å². The van der Waals surface area contributed by atoms with Gasteiger partial charge in [-0.2, -0.15) is 0 Å². The number of unbranched alkanes of at least 4 members (excludes halogenated alkanes) is 1. The second-order valence-electron chi connectivity index (χ2n) is 5.16. The smallest absolute Gasteiger partial charge is 0.344 e. The largest absolute Gasteiger partial charge is 0.497 e. The number of fused-ring (bicyclic) bond motifs is 3. The van der Waals surface area contributed by atoms with Crippen LogP contribution in [0.15, 0.2) is 45.6 Å². The summed E-state index contributed by atoms with van der Waals surface area (Å²) in [7, 11) is 1.57. The number of benzene rings is 2. The van der Waals surface area contributed by atoms with Crippen molar-refractivity contribution in [3.63, 3.8) is 0 Å². The molecule has 0 atom stereocenters. The summed E-state index contributed by atoms with van der Waals surface area (Å²) in [5.74, 6) is 1.36. The fourth-order valence-electron chi connectivity index (χ4n) is 2.44. The van der Waals surface area contributed by atoms with Crippen molar-refractivity contribution in [3.8, 4) is 11.5 Å². The van der Waals surface area contributed by atoms with Crippen LogP contribution < -0.4 is 15.1 Å². The highest BCUT2D eigenvalue weighted by atomic mass is 16.5. The summed E-state index contributed by atoms with van der Waals surface area (Å²) in [6.07, 6.45) is 2.08. The van der Waals surface area contributed by atoms with Crippen molar-refractivity contribution in [2.45, 2.75) is 19.8 Å². The molecule has 4 heteroatoms. The minimum Gasteiger partial charge on any atom is -0.497 e. The number of hydrogen-bond acceptors (Lipinski definition) is 4. The molecule has 0 unspecified atom stereocenters. The summed E-state index contributed by atoms with van der Waals surface area (Å²) in [6.45, 7) is 2.78. The maximum atomic E-state index is 12.2. The monoisotopic (exact) mass is 298 g/mol. The van der Waals surface area contributed by atoms with Crippen molar-refractivity contribution in [2.24, 2.45) is 0 Å². The fourth-order valence-corrected chi connectivity index (χ4v) is 2.44. The minimum absolute atomic E-state index is 0.368. The zero-order chi connectivity index (χ0) is 15.5. The molecule has 1 heterocycles. The normalized spacial score (nSPS) is 11.0. The van der Waals surface area contributed by atoms with Crippen molar-refractivity contribution in [1.82, 2.24) is 0 Å². The Hall–Kier alpha value is -2.49. The molecule has 3 rings (SSSR count). The summed E-state index contributed by atoms with van der Waals surface area (Å²) < 4.78 is 16.3. The van der Waals surface area contributed by atoms with Crippen LogP contribution in [0, 0.1) is 0 Å². The van der Waals surface area contributed by atoms with Gasteiger partial charge in [-0.05, 0) is 36.8 Å². The molecule has 0 saturated carbocycles.